The minimum absolute atomic E-state index is 0.316. The molecule has 0 saturated heterocycles. The van der Waals surface area contributed by atoms with E-state index in [4.69, 9.17) is 0 Å². The summed E-state index contributed by atoms with van der Waals surface area (Å²) in [6.07, 6.45) is -1.41. The first-order valence-corrected chi connectivity index (χ1v) is 7.02. The molecule has 0 atom stereocenters. The molecule has 0 saturated carbocycles. The maximum absolute atomic E-state index is 12.3. The van der Waals surface area contributed by atoms with Gasteiger partial charge in [-0.05, 0) is 12.8 Å². The van der Waals surface area contributed by atoms with E-state index in [1.807, 2.05) is 0 Å². The average Bonchev–Trinajstić information content (AvgIpc) is 2.72. The van der Waals surface area contributed by atoms with Crippen molar-refractivity contribution in [1.29, 1.82) is 0 Å². The van der Waals surface area contributed by atoms with Crippen molar-refractivity contribution in [1.82, 2.24) is 9.36 Å². The number of anilines is 1. The quantitative estimate of drug-likeness (QED) is 0.589. The molecule has 0 unspecified atom stereocenters. The molecule has 0 aromatic carbocycles. The minimum atomic E-state index is -4.45. The van der Waals surface area contributed by atoms with Crippen LogP contribution in [0, 0.1) is 0 Å². The van der Waals surface area contributed by atoms with Crippen LogP contribution in [0.2, 0.25) is 0 Å². The van der Waals surface area contributed by atoms with E-state index in [0.717, 1.165) is 36.1 Å². The Morgan fingerprint density at radius 2 is 2.00 bits per heavy atom. The van der Waals surface area contributed by atoms with Gasteiger partial charge in [0.05, 0.1) is 0 Å². The van der Waals surface area contributed by atoms with Crippen molar-refractivity contribution in [3.63, 3.8) is 0 Å². The molecular weight excluding hydrogens is 319 g/mol. The number of hydrogen-bond donors (Lipinski definition) is 0. The van der Waals surface area contributed by atoms with E-state index in [1.165, 1.54) is 0 Å². The molecule has 0 fully saturated rings. The van der Waals surface area contributed by atoms with Gasteiger partial charge in [-0.2, -0.15) is 22.5 Å². The van der Waals surface area contributed by atoms with Crippen LogP contribution >= 0.6 is 27.5 Å². The van der Waals surface area contributed by atoms with E-state index in [9.17, 15) is 13.2 Å². The van der Waals surface area contributed by atoms with Gasteiger partial charge in [-0.15, -0.1) is 0 Å². The molecule has 0 N–H and O–H groups in total. The first-order chi connectivity index (χ1) is 7.95. The number of rotatable bonds is 6. The number of aromatic nitrogens is 2. The van der Waals surface area contributed by atoms with Gasteiger partial charge in [0.25, 0.3) is 0 Å². The largest absolute Gasteiger partial charge is 0.452 e. The fraction of sp³-hybridized carbons (Fsp3) is 0.778. The van der Waals surface area contributed by atoms with Crippen molar-refractivity contribution in [2.24, 2.45) is 0 Å². The van der Waals surface area contributed by atoms with Crippen molar-refractivity contribution < 1.29 is 13.2 Å². The highest BCUT2D eigenvalue weighted by molar-refractivity contribution is 9.09. The second-order valence-electron chi connectivity index (χ2n) is 3.57. The molecule has 17 heavy (non-hydrogen) atoms. The zero-order valence-corrected chi connectivity index (χ0v) is 11.7. The van der Waals surface area contributed by atoms with Crippen LogP contribution in [0.3, 0.4) is 0 Å². The van der Waals surface area contributed by atoms with Crippen LogP contribution in [-0.2, 0) is 6.18 Å². The van der Waals surface area contributed by atoms with Gasteiger partial charge in [0.2, 0.25) is 11.0 Å². The van der Waals surface area contributed by atoms with Gasteiger partial charge in [-0.3, -0.25) is 0 Å². The van der Waals surface area contributed by atoms with Gasteiger partial charge in [0, 0.05) is 30.5 Å². The van der Waals surface area contributed by atoms with Crippen molar-refractivity contribution in [2.45, 2.75) is 25.4 Å². The Morgan fingerprint density at radius 3 is 2.53 bits per heavy atom. The van der Waals surface area contributed by atoms with Crippen LogP contribution in [-0.4, -0.2) is 28.3 Å². The number of halogens is 4. The van der Waals surface area contributed by atoms with Crippen LogP contribution in [0.5, 0.6) is 0 Å². The first kappa shape index (κ1) is 14.7. The summed E-state index contributed by atoms with van der Waals surface area (Å²) in [7, 11) is 1.73. The van der Waals surface area contributed by atoms with E-state index >= 15 is 0 Å². The van der Waals surface area contributed by atoms with E-state index in [0.29, 0.717) is 11.7 Å². The van der Waals surface area contributed by atoms with E-state index in [-0.39, 0.29) is 0 Å². The lowest BCUT2D eigenvalue weighted by atomic mass is 10.2. The second-order valence-corrected chi connectivity index (χ2v) is 5.09. The van der Waals surface area contributed by atoms with Crippen LogP contribution < -0.4 is 4.90 Å². The molecule has 0 aliphatic heterocycles. The van der Waals surface area contributed by atoms with Crippen molar-refractivity contribution in [3.05, 3.63) is 5.82 Å². The molecule has 0 bridgehead atoms. The Morgan fingerprint density at radius 1 is 1.29 bits per heavy atom. The first-order valence-electron chi connectivity index (χ1n) is 5.13. The zero-order chi connectivity index (χ0) is 12.9. The molecule has 1 rings (SSSR count). The molecule has 0 aliphatic rings. The Balaban J connectivity index is 2.47. The second kappa shape index (κ2) is 6.53. The molecular formula is C9H13BrF3N3S. The summed E-state index contributed by atoms with van der Waals surface area (Å²) in [4.78, 5) is 5.19. The molecule has 1 aromatic heterocycles. The molecule has 0 spiro atoms. The summed E-state index contributed by atoms with van der Waals surface area (Å²) >= 11 is 4.11. The lowest BCUT2D eigenvalue weighted by Crippen LogP contribution is -2.18. The number of unbranched alkanes of at least 4 members (excludes halogenated alkanes) is 2. The highest BCUT2D eigenvalue weighted by Gasteiger charge is 2.36. The monoisotopic (exact) mass is 331 g/mol. The third-order valence-electron chi connectivity index (χ3n) is 2.12. The minimum Gasteiger partial charge on any atom is -0.350 e. The fourth-order valence-electron chi connectivity index (χ4n) is 1.20. The van der Waals surface area contributed by atoms with Gasteiger partial charge < -0.3 is 4.90 Å². The van der Waals surface area contributed by atoms with Crippen LogP contribution in [0.1, 0.15) is 25.1 Å². The standard InChI is InChI=1S/C9H13BrF3N3S/c1-16(6-4-2-3-5-10)8-14-7(15-17-8)9(11,12)13/h2-6H2,1H3. The summed E-state index contributed by atoms with van der Waals surface area (Å²) in [6, 6.07) is 0. The lowest BCUT2D eigenvalue weighted by molar-refractivity contribution is -0.144. The van der Waals surface area contributed by atoms with Crippen LogP contribution in [0.15, 0.2) is 0 Å². The summed E-state index contributed by atoms with van der Waals surface area (Å²) in [5, 5.41) is 1.27. The normalized spacial score (nSPS) is 11.8. The molecule has 0 aliphatic carbocycles. The van der Waals surface area contributed by atoms with E-state index in [2.05, 4.69) is 25.3 Å². The SMILES string of the molecule is CN(CCCCCBr)c1nc(C(F)(F)F)ns1. The Kier molecular flexibility index (Phi) is 5.64. The van der Waals surface area contributed by atoms with Gasteiger partial charge in [-0.1, -0.05) is 22.4 Å². The Hall–Kier alpha value is -0.370. The molecule has 98 valence electrons. The molecule has 8 heteroatoms. The van der Waals surface area contributed by atoms with Crippen molar-refractivity contribution >= 4 is 32.6 Å². The highest BCUT2D eigenvalue weighted by atomic mass is 79.9. The maximum Gasteiger partial charge on any atom is 0.452 e. The molecule has 0 radical (unpaired) electrons. The fourth-order valence-corrected chi connectivity index (χ4v) is 2.27. The number of nitrogens with zero attached hydrogens (tertiary/aromatic N) is 3. The third kappa shape index (κ3) is 4.79. The Labute approximate surface area is 110 Å². The summed E-state index contributed by atoms with van der Waals surface area (Å²) in [5.41, 5.74) is 0. The number of alkyl halides is 4. The van der Waals surface area contributed by atoms with Crippen molar-refractivity contribution in [2.75, 3.05) is 23.8 Å². The highest BCUT2D eigenvalue weighted by Crippen LogP contribution is 2.29. The lowest BCUT2D eigenvalue weighted by Gasteiger charge is -2.14. The topological polar surface area (TPSA) is 29.0 Å². The predicted molar refractivity (Wildman–Crippen MR) is 65.8 cm³/mol. The Bertz CT molecular complexity index is 342. The van der Waals surface area contributed by atoms with Gasteiger partial charge in [0.1, 0.15) is 0 Å². The summed E-state index contributed by atoms with van der Waals surface area (Å²) in [6.45, 7) is 0.694. The molecule has 1 aromatic rings. The summed E-state index contributed by atoms with van der Waals surface area (Å²) < 4.78 is 40.1. The van der Waals surface area contributed by atoms with Crippen molar-refractivity contribution in [3.8, 4) is 0 Å². The zero-order valence-electron chi connectivity index (χ0n) is 9.30. The molecule has 0 amide bonds. The van der Waals surface area contributed by atoms with E-state index in [1.54, 1.807) is 11.9 Å². The molecule has 3 nitrogen and oxygen atoms in total. The van der Waals surface area contributed by atoms with Crippen LogP contribution in [0.4, 0.5) is 18.3 Å². The smallest absolute Gasteiger partial charge is 0.350 e. The van der Waals surface area contributed by atoms with Gasteiger partial charge >= 0.3 is 6.18 Å². The summed E-state index contributed by atoms with van der Waals surface area (Å²) in [5.74, 6) is -1.05. The predicted octanol–water partition coefficient (Wildman–Crippen LogP) is 3.56. The third-order valence-corrected chi connectivity index (χ3v) is 3.51. The molecule has 1 heterocycles. The van der Waals surface area contributed by atoms with Gasteiger partial charge in [0.15, 0.2) is 0 Å². The van der Waals surface area contributed by atoms with Crippen LogP contribution in [0.25, 0.3) is 0 Å². The van der Waals surface area contributed by atoms with Gasteiger partial charge in [-0.25, -0.2) is 0 Å². The van der Waals surface area contributed by atoms with E-state index < -0.39 is 12.0 Å². The average molecular weight is 332 g/mol. The maximum atomic E-state index is 12.3. The number of hydrogen-bond acceptors (Lipinski definition) is 4.